The number of aliphatic hydroxyl groups is 1. The number of aliphatic hydroxyl groups excluding tert-OH is 1. The maximum absolute atomic E-state index is 10.7. The molecule has 0 bridgehead atoms. The maximum Gasteiger partial charge on any atom is 0.342 e. The Morgan fingerprint density at radius 3 is 3.58 bits per heavy atom. The molecule has 1 aromatic heterocycles. The van der Waals surface area contributed by atoms with Crippen molar-refractivity contribution in [3.63, 3.8) is 0 Å². The van der Waals surface area contributed by atoms with Crippen molar-refractivity contribution in [1.29, 1.82) is 1.43 Å². The fraction of sp³-hybridized carbons (Fsp3) is 0.500. The molecule has 1 aromatic rings. The van der Waals surface area contributed by atoms with Crippen LogP contribution in [0.1, 0.15) is 11.3 Å². The number of imidazole rings is 1. The van der Waals surface area contributed by atoms with Crippen molar-refractivity contribution in [3.8, 4) is 0 Å². The molecule has 0 atom stereocenters. The largest absolute Gasteiger partial charge is 0.392 e. The van der Waals surface area contributed by atoms with E-state index in [0.29, 0.717) is 0 Å². The average Bonchev–Trinajstić information content (AvgIpc) is 2.51. The molecule has 0 radical (unpaired) electrons. The molecule has 1 rings (SSSR count). The Kier molecular flexibility index (Phi) is 1.10. The van der Waals surface area contributed by atoms with Crippen LogP contribution in [-0.2, 0) is 6.54 Å². The van der Waals surface area contributed by atoms with Crippen molar-refractivity contribution < 1.29 is 15.5 Å². The molecular formula is C6H9N3O3. The third kappa shape index (κ3) is 1.42. The summed E-state index contributed by atoms with van der Waals surface area (Å²) in [6.45, 7) is -3.12. The summed E-state index contributed by atoms with van der Waals surface area (Å²) in [5.41, 5.74) is 0. The van der Waals surface area contributed by atoms with Gasteiger partial charge in [-0.1, -0.05) is 0 Å². The number of aromatic nitrogens is 2. The summed E-state index contributed by atoms with van der Waals surface area (Å²) >= 11 is 0. The molecule has 12 heavy (non-hydrogen) atoms. The Balaban J connectivity index is 3.31. The molecule has 0 aliphatic carbocycles. The molecule has 0 amide bonds. The highest BCUT2D eigenvalue weighted by Crippen LogP contribution is 2.12. The highest BCUT2D eigenvalue weighted by atomic mass is 16.6. The van der Waals surface area contributed by atoms with Crippen LogP contribution in [0.2, 0.25) is 0 Å². The van der Waals surface area contributed by atoms with E-state index in [4.69, 9.17) is 6.91 Å². The first kappa shape index (κ1) is 3.99. The molecule has 1 heterocycles. The topological polar surface area (TPSA) is 81.2 Å². The van der Waals surface area contributed by atoms with Crippen molar-refractivity contribution in [2.75, 3.05) is 6.61 Å². The second-order valence-corrected chi connectivity index (χ2v) is 1.98. The fourth-order valence-electron chi connectivity index (χ4n) is 0.766. The smallest absolute Gasteiger partial charge is 0.342 e. The first-order valence-electron chi connectivity index (χ1n) is 5.50. The summed E-state index contributed by atoms with van der Waals surface area (Å²) < 4.78 is 36.0. The number of hydrogen-bond acceptors (Lipinski definition) is 4. The molecule has 66 valence electrons. The second kappa shape index (κ2) is 3.31. The molecule has 1 N–H and O–H groups in total. The van der Waals surface area contributed by atoms with Gasteiger partial charge in [0.25, 0.3) is 0 Å². The standard InChI is InChI=1S/C6H9N3O3/c1-5-7-4-6(9(11)12)8(5)2-3-10/h4,10H,2-3H2,1H3/i1D3,4D,10D. The zero-order chi connectivity index (χ0) is 13.2. The van der Waals surface area contributed by atoms with Gasteiger partial charge in [-0.25, -0.2) is 9.55 Å². The molecular weight excluding hydrogens is 162 g/mol. The van der Waals surface area contributed by atoms with Crippen molar-refractivity contribution >= 4 is 5.82 Å². The van der Waals surface area contributed by atoms with E-state index in [1.807, 2.05) is 0 Å². The van der Waals surface area contributed by atoms with Crippen LogP contribution < -0.4 is 0 Å². The van der Waals surface area contributed by atoms with Gasteiger partial charge in [-0.3, -0.25) is 0 Å². The van der Waals surface area contributed by atoms with Crippen LogP contribution in [0.15, 0.2) is 6.17 Å². The summed E-state index contributed by atoms with van der Waals surface area (Å²) in [4.78, 5) is 13.2. The summed E-state index contributed by atoms with van der Waals surface area (Å²) in [6.07, 6.45) is -0.717. The quantitative estimate of drug-likeness (QED) is 0.520. The highest BCUT2D eigenvalue weighted by Gasteiger charge is 2.15. The molecule has 0 aromatic carbocycles. The van der Waals surface area contributed by atoms with Crippen molar-refractivity contribution in [3.05, 3.63) is 22.1 Å². The van der Waals surface area contributed by atoms with Crippen LogP contribution in [0.25, 0.3) is 0 Å². The van der Waals surface area contributed by atoms with Gasteiger partial charge in [0.05, 0.1) is 7.98 Å². The minimum absolute atomic E-state index is 0.223. The molecule has 0 saturated heterocycles. The van der Waals surface area contributed by atoms with E-state index in [1.54, 1.807) is 0 Å². The SMILES string of the molecule is [2H]OCCn1c(C([2H])([2H])[2H])nc([2H])c1[N+](=O)[O-]. The molecule has 0 fully saturated rings. The van der Waals surface area contributed by atoms with Gasteiger partial charge < -0.3 is 15.2 Å². The number of rotatable bonds is 4. The molecule has 0 unspecified atom stereocenters. The average molecular weight is 176 g/mol. The molecule has 0 spiro atoms. The van der Waals surface area contributed by atoms with Gasteiger partial charge in [-0.2, -0.15) is 0 Å². The molecule has 6 heteroatoms. The fourth-order valence-corrected chi connectivity index (χ4v) is 0.766. The predicted molar refractivity (Wildman–Crippen MR) is 40.7 cm³/mol. The Labute approximate surface area is 75.7 Å². The molecule has 0 saturated carbocycles. The Morgan fingerprint density at radius 2 is 3.00 bits per heavy atom. The van der Waals surface area contributed by atoms with Crippen LogP contribution in [0, 0.1) is 17.0 Å². The van der Waals surface area contributed by atoms with E-state index < -0.39 is 29.6 Å². The lowest BCUT2D eigenvalue weighted by atomic mass is 10.6. The lowest BCUT2D eigenvalue weighted by molar-refractivity contribution is -0.392. The monoisotopic (exact) mass is 176 g/mol. The van der Waals surface area contributed by atoms with Crippen LogP contribution in [0.3, 0.4) is 0 Å². The van der Waals surface area contributed by atoms with E-state index in [0.717, 1.165) is 4.57 Å². The Hall–Kier alpha value is -1.43. The second-order valence-electron chi connectivity index (χ2n) is 1.98. The van der Waals surface area contributed by atoms with Gasteiger partial charge >= 0.3 is 5.82 Å². The Morgan fingerprint density at radius 1 is 2.17 bits per heavy atom. The minimum Gasteiger partial charge on any atom is -0.392 e. The van der Waals surface area contributed by atoms with Gasteiger partial charge in [-0.05, 0) is 4.92 Å². The van der Waals surface area contributed by atoms with Crippen LogP contribution in [-0.4, -0.2) is 27.6 Å². The molecule has 6 nitrogen and oxygen atoms in total. The molecule has 0 aliphatic rings. The lowest BCUT2D eigenvalue weighted by Crippen LogP contribution is -2.07. The van der Waals surface area contributed by atoms with Gasteiger partial charge in [0, 0.05) is 11.0 Å². The number of nitro groups is 1. The number of aryl methyl sites for hydroxylation is 1. The normalized spacial score (nSPS) is 17.2. The predicted octanol–water partition coefficient (Wildman–Crippen LogP) is 0.0920. The highest BCUT2D eigenvalue weighted by molar-refractivity contribution is 5.18. The number of hydrogen-bond donors (Lipinski definition) is 1. The molecule has 0 aliphatic heterocycles. The van der Waals surface area contributed by atoms with Gasteiger partial charge in [0.15, 0.2) is 5.82 Å². The van der Waals surface area contributed by atoms with E-state index >= 15 is 0 Å². The first-order valence-corrected chi connectivity index (χ1v) is 3.09. The van der Waals surface area contributed by atoms with E-state index in [9.17, 15) is 10.1 Å². The van der Waals surface area contributed by atoms with Crippen molar-refractivity contribution in [2.24, 2.45) is 0 Å². The lowest BCUT2D eigenvalue weighted by Gasteiger charge is -1.98. The van der Waals surface area contributed by atoms with Crippen molar-refractivity contribution in [2.45, 2.75) is 13.4 Å². The van der Waals surface area contributed by atoms with E-state index in [-0.39, 0.29) is 13.2 Å². The van der Waals surface area contributed by atoms with Crippen molar-refractivity contribution in [1.82, 2.24) is 9.55 Å². The zero-order valence-corrected chi connectivity index (χ0v) is 5.98. The number of nitrogens with zero attached hydrogens (tertiary/aromatic N) is 3. The van der Waals surface area contributed by atoms with E-state index in [1.165, 1.54) is 0 Å². The van der Waals surface area contributed by atoms with Gasteiger partial charge in [-0.15, -0.1) is 0 Å². The van der Waals surface area contributed by atoms with Crippen LogP contribution in [0.4, 0.5) is 5.82 Å². The van der Waals surface area contributed by atoms with E-state index in [2.05, 4.69) is 10.1 Å². The third-order valence-corrected chi connectivity index (χ3v) is 1.26. The minimum atomic E-state index is -2.66. The Bertz CT molecular complexity index is 429. The van der Waals surface area contributed by atoms with Crippen LogP contribution >= 0.6 is 0 Å². The van der Waals surface area contributed by atoms with Crippen LogP contribution in [0.5, 0.6) is 0 Å². The third-order valence-electron chi connectivity index (χ3n) is 1.26. The summed E-state index contributed by atoms with van der Waals surface area (Å²) in [5, 5.41) is 14.7. The summed E-state index contributed by atoms with van der Waals surface area (Å²) in [5.74, 6) is -1.26. The maximum atomic E-state index is 10.7. The summed E-state index contributed by atoms with van der Waals surface area (Å²) in [7, 11) is 0. The van der Waals surface area contributed by atoms with Gasteiger partial charge in [0.1, 0.15) is 12.7 Å². The summed E-state index contributed by atoms with van der Waals surface area (Å²) in [6, 6.07) is 0. The zero-order valence-electron chi connectivity index (χ0n) is 11.0. The first-order chi connectivity index (χ1) is 7.79. The van der Waals surface area contributed by atoms with Gasteiger partial charge in [0.2, 0.25) is 1.43 Å².